The zero-order valence-corrected chi connectivity index (χ0v) is 19.3. The van der Waals surface area contributed by atoms with Crippen LogP contribution in [0.1, 0.15) is 43.7 Å². The number of rotatable bonds is 8. The Hall–Kier alpha value is -3.39. The number of carboxylic acids is 1. The molecule has 1 heterocycles. The number of hydrogen-bond donors (Lipinski definition) is 3. The first kappa shape index (κ1) is 23.8. The second kappa shape index (κ2) is 10.3. The van der Waals surface area contributed by atoms with Gasteiger partial charge in [-0.15, -0.1) is 0 Å². The Bertz CT molecular complexity index is 1030. The van der Waals surface area contributed by atoms with E-state index < -0.39 is 36.2 Å². The Labute approximate surface area is 198 Å². The van der Waals surface area contributed by atoms with Gasteiger partial charge in [-0.25, -0.2) is 9.59 Å². The van der Waals surface area contributed by atoms with Crippen LogP contribution in [-0.4, -0.2) is 54.5 Å². The van der Waals surface area contributed by atoms with Crippen LogP contribution < -0.4 is 10.6 Å². The van der Waals surface area contributed by atoms with Gasteiger partial charge in [-0.3, -0.25) is 4.79 Å². The van der Waals surface area contributed by atoms with E-state index in [4.69, 9.17) is 9.47 Å². The topological polar surface area (TPSA) is 114 Å². The lowest BCUT2D eigenvalue weighted by Crippen LogP contribution is -2.54. The molecule has 1 aliphatic carbocycles. The maximum absolute atomic E-state index is 13.0. The number of fused-ring (bicyclic) bond motifs is 3. The molecule has 3 N–H and O–H groups in total. The molecule has 4 rings (SSSR count). The third kappa shape index (κ3) is 4.77. The molecule has 2 aromatic carbocycles. The van der Waals surface area contributed by atoms with Crippen molar-refractivity contribution in [3.05, 3.63) is 59.7 Å². The van der Waals surface area contributed by atoms with Crippen LogP contribution >= 0.6 is 0 Å². The molecule has 2 aromatic rings. The molecule has 0 radical (unpaired) electrons. The first-order valence-corrected chi connectivity index (χ1v) is 11.7. The second-order valence-electron chi connectivity index (χ2n) is 8.87. The summed E-state index contributed by atoms with van der Waals surface area (Å²) in [6.45, 7) is 4.18. The van der Waals surface area contributed by atoms with Gasteiger partial charge in [0.15, 0.2) is 6.10 Å². The molecule has 2 amide bonds. The molecular weight excluding hydrogens is 436 g/mol. The molecule has 1 saturated heterocycles. The third-order valence-corrected chi connectivity index (χ3v) is 6.78. The van der Waals surface area contributed by atoms with E-state index in [0.717, 1.165) is 22.3 Å². The van der Waals surface area contributed by atoms with Crippen LogP contribution in [0.2, 0.25) is 0 Å². The van der Waals surface area contributed by atoms with Gasteiger partial charge < -0.3 is 25.2 Å². The van der Waals surface area contributed by atoms with Gasteiger partial charge in [0.25, 0.3) is 0 Å². The Morgan fingerprint density at radius 2 is 1.71 bits per heavy atom. The van der Waals surface area contributed by atoms with Crippen molar-refractivity contribution in [2.24, 2.45) is 5.92 Å². The molecule has 34 heavy (non-hydrogen) atoms. The maximum atomic E-state index is 13.0. The summed E-state index contributed by atoms with van der Waals surface area (Å²) >= 11 is 0. The summed E-state index contributed by atoms with van der Waals surface area (Å²) in [6, 6.07) is 14.6. The first-order chi connectivity index (χ1) is 16.4. The van der Waals surface area contributed by atoms with E-state index in [9.17, 15) is 19.5 Å². The Morgan fingerprint density at radius 3 is 2.29 bits per heavy atom. The van der Waals surface area contributed by atoms with E-state index >= 15 is 0 Å². The lowest BCUT2D eigenvalue weighted by molar-refractivity contribution is -0.148. The Morgan fingerprint density at radius 1 is 1.09 bits per heavy atom. The zero-order chi connectivity index (χ0) is 24.2. The fraction of sp³-hybridized carbons (Fsp3) is 0.423. The van der Waals surface area contributed by atoms with Gasteiger partial charge >= 0.3 is 12.1 Å². The van der Waals surface area contributed by atoms with Crippen LogP contribution in [0.4, 0.5) is 4.79 Å². The van der Waals surface area contributed by atoms with Crippen molar-refractivity contribution in [3.63, 3.8) is 0 Å². The van der Waals surface area contributed by atoms with Gasteiger partial charge in [0.1, 0.15) is 12.6 Å². The minimum atomic E-state index is -1.12. The largest absolute Gasteiger partial charge is 0.479 e. The molecule has 0 spiro atoms. The quantitative estimate of drug-likeness (QED) is 0.550. The highest BCUT2D eigenvalue weighted by Crippen LogP contribution is 2.44. The Kier molecular flexibility index (Phi) is 7.17. The number of carboxylic acid groups (broad SMARTS) is 1. The average Bonchev–Trinajstić information content (AvgIpc) is 3.43. The molecule has 0 bridgehead atoms. The van der Waals surface area contributed by atoms with E-state index in [2.05, 4.69) is 22.8 Å². The molecule has 8 nitrogen and oxygen atoms in total. The smallest absolute Gasteiger partial charge is 0.407 e. The highest BCUT2D eigenvalue weighted by Gasteiger charge is 2.38. The van der Waals surface area contributed by atoms with Crippen molar-refractivity contribution < 1.29 is 29.0 Å². The number of nitrogens with one attached hydrogen (secondary N) is 2. The van der Waals surface area contributed by atoms with Gasteiger partial charge in [-0.1, -0.05) is 68.8 Å². The van der Waals surface area contributed by atoms with Gasteiger partial charge in [0, 0.05) is 12.5 Å². The van der Waals surface area contributed by atoms with E-state index in [0.29, 0.717) is 12.8 Å². The molecule has 180 valence electrons. The maximum Gasteiger partial charge on any atom is 0.407 e. The summed E-state index contributed by atoms with van der Waals surface area (Å²) in [4.78, 5) is 37.0. The third-order valence-electron chi connectivity index (χ3n) is 6.78. The predicted molar refractivity (Wildman–Crippen MR) is 125 cm³/mol. The molecule has 4 atom stereocenters. The van der Waals surface area contributed by atoms with Crippen LogP contribution in [0, 0.1) is 5.92 Å². The molecule has 1 unspecified atom stereocenters. The zero-order valence-electron chi connectivity index (χ0n) is 19.3. The van der Waals surface area contributed by atoms with Crippen molar-refractivity contribution in [2.75, 3.05) is 13.2 Å². The number of alkyl carbamates (subject to hydrolysis) is 1. The highest BCUT2D eigenvalue weighted by atomic mass is 16.5. The summed E-state index contributed by atoms with van der Waals surface area (Å²) in [6.07, 6.45) is -0.720. The van der Waals surface area contributed by atoms with E-state index in [1.807, 2.05) is 50.2 Å². The standard InChI is InChI=1S/C26H30N2O6/c1-3-15(2)22(24(29)27-21-12-13-33-23(21)25(30)31)28-26(32)34-14-20-18-10-6-4-8-16(18)17-9-5-7-11-19(17)20/h4-11,15,20-23H,3,12-14H2,1-2H3,(H,27,29)(H,28,32)(H,30,31)/t15?,21-,22-,23+/m0/s1. The van der Waals surface area contributed by atoms with Crippen LogP contribution in [0.5, 0.6) is 0 Å². The second-order valence-corrected chi connectivity index (χ2v) is 8.87. The van der Waals surface area contributed by atoms with Gasteiger partial charge in [0.05, 0.1) is 6.04 Å². The molecule has 0 aromatic heterocycles. The number of aliphatic carboxylic acids is 1. The number of hydrogen-bond acceptors (Lipinski definition) is 5. The number of ether oxygens (including phenoxy) is 2. The fourth-order valence-corrected chi connectivity index (χ4v) is 4.72. The molecular formula is C26H30N2O6. The fourth-order valence-electron chi connectivity index (χ4n) is 4.72. The van der Waals surface area contributed by atoms with Crippen LogP contribution in [-0.2, 0) is 19.1 Å². The van der Waals surface area contributed by atoms with Crippen molar-refractivity contribution >= 4 is 18.0 Å². The summed E-state index contributed by atoms with van der Waals surface area (Å²) < 4.78 is 10.8. The molecule has 1 aliphatic heterocycles. The normalized spacial score (nSPS) is 20.6. The van der Waals surface area contributed by atoms with Crippen molar-refractivity contribution in [1.29, 1.82) is 0 Å². The van der Waals surface area contributed by atoms with Crippen LogP contribution in [0.15, 0.2) is 48.5 Å². The number of benzene rings is 2. The lowest BCUT2D eigenvalue weighted by atomic mass is 9.97. The van der Waals surface area contributed by atoms with Gasteiger partial charge in [-0.05, 0) is 34.6 Å². The van der Waals surface area contributed by atoms with Crippen LogP contribution in [0.25, 0.3) is 11.1 Å². The Balaban J connectivity index is 1.41. The lowest BCUT2D eigenvalue weighted by Gasteiger charge is -2.26. The summed E-state index contributed by atoms with van der Waals surface area (Å²) in [7, 11) is 0. The molecule has 2 aliphatic rings. The van der Waals surface area contributed by atoms with E-state index in [1.54, 1.807) is 0 Å². The van der Waals surface area contributed by atoms with E-state index in [1.165, 1.54) is 0 Å². The minimum absolute atomic E-state index is 0.0824. The molecule has 0 saturated carbocycles. The number of amides is 2. The van der Waals surface area contributed by atoms with Crippen LogP contribution in [0.3, 0.4) is 0 Å². The van der Waals surface area contributed by atoms with Crippen molar-refractivity contribution in [1.82, 2.24) is 10.6 Å². The summed E-state index contributed by atoms with van der Waals surface area (Å²) in [5.74, 6) is -1.82. The van der Waals surface area contributed by atoms with E-state index in [-0.39, 0.29) is 25.0 Å². The van der Waals surface area contributed by atoms with Crippen molar-refractivity contribution in [3.8, 4) is 11.1 Å². The summed E-state index contributed by atoms with van der Waals surface area (Å²) in [5.41, 5.74) is 4.48. The monoisotopic (exact) mass is 466 g/mol. The molecule has 8 heteroatoms. The number of carbonyl (C=O) groups is 3. The highest BCUT2D eigenvalue weighted by molar-refractivity contribution is 5.87. The minimum Gasteiger partial charge on any atom is -0.479 e. The van der Waals surface area contributed by atoms with Gasteiger partial charge in [-0.2, -0.15) is 0 Å². The summed E-state index contributed by atoms with van der Waals surface area (Å²) in [5, 5.41) is 14.7. The average molecular weight is 467 g/mol. The SMILES string of the molecule is CCC(C)[C@H](NC(=O)OCC1c2ccccc2-c2ccccc21)C(=O)N[C@H]1CCO[C@H]1C(=O)O. The molecule has 1 fully saturated rings. The van der Waals surface area contributed by atoms with Gasteiger partial charge in [0.2, 0.25) is 5.91 Å². The first-order valence-electron chi connectivity index (χ1n) is 11.7. The number of carbonyl (C=O) groups excluding carboxylic acids is 2. The van der Waals surface area contributed by atoms with Crippen molar-refractivity contribution in [2.45, 2.75) is 50.8 Å². The predicted octanol–water partition coefficient (Wildman–Crippen LogP) is 3.30.